The molecule has 1 aliphatic heterocycles. The molecular formula is C19H20N4O5S. The monoisotopic (exact) mass is 416 g/mol. The fourth-order valence-corrected chi connectivity index (χ4v) is 3.27. The Kier molecular flexibility index (Phi) is 6.13. The maximum atomic E-state index is 12.7. The summed E-state index contributed by atoms with van der Waals surface area (Å²) in [4.78, 5) is 38.9. The second-order valence-corrected chi connectivity index (χ2v) is 6.52. The molecule has 3 rings (SSSR count). The zero-order valence-electron chi connectivity index (χ0n) is 15.9. The van der Waals surface area contributed by atoms with E-state index in [-0.39, 0.29) is 23.2 Å². The molecule has 1 aromatic carbocycles. The topological polar surface area (TPSA) is 104 Å². The Morgan fingerprint density at radius 2 is 1.97 bits per heavy atom. The van der Waals surface area contributed by atoms with Crippen LogP contribution in [0.1, 0.15) is 23.9 Å². The molecule has 1 aliphatic rings. The highest BCUT2D eigenvalue weighted by atomic mass is 32.1. The number of hydrazine groups is 1. The highest BCUT2D eigenvalue weighted by Crippen LogP contribution is 2.21. The van der Waals surface area contributed by atoms with Crippen molar-refractivity contribution in [3.63, 3.8) is 0 Å². The van der Waals surface area contributed by atoms with Crippen molar-refractivity contribution < 1.29 is 23.5 Å². The Labute approximate surface area is 172 Å². The van der Waals surface area contributed by atoms with Gasteiger partial charge < -0.3 is 14.5 Å². The molecule has 1 unspecified atom stereocenters. The third-order valence-corrected chi connectivity index (χ3v) is 4.75. The number of anilines is 1. The fourth-order valence-electron chi connectivity index (χ4n) is 2.88. The van der Waals surface area contributed by atoms with E-state index in [0.29, 0.717) is 18.0 Å². The number of furan rings is 1. The predicted molar refractivity (Wildman–Crippen MR) is 108 cm³/mol. The zero-order valence-corrected chi connectivity index (χ0v) is 16.7. The third-order valence-electron chi connectivity index (χ3n) is 4.34. The average molecular weight is 416 g/mol. The van der Waals surface area contributed by atoms with Crippen LogP contribution < -0.4 is 15.5 Å². The normalized spacial score (nSPS) is 16.1. The van der Waals surface area contributed by atoms with Crippen LogP contribution in [0.15, 0.2) is 47.1 Å². The average Bonchev–Trinajstić information content (AvgIpc) is 3.32. The van der Waals surface area contributed by atoms with E-state index in [1.807, 2.05) is 0 Å². The van der Waals surface area contributed by atoms with Crippen LogP contribution in [0.25, 0.3) is 0 Å². The molecule has 2 heterocycles. The summed E-state index contributed by atoms with van der Waals surface area (Å²) in [5.41, 5.74) is 3.12. The first-order valence-electron chi connectivity index (χ1n) is 8.87. The van der Waals surface area contributed by atoms with Gasteiger partial charge in [-0.3, -0.25) is 24.7 Å². The molecule has 3 amide bonds. The van der Waals surface area contributed by atoms with E-state index >= 15 is 0 Å². The predicted octanol–water partition coefficient (Wildman–Crippen LogP) is 1.78. The molecule has 10 heteroatoms. The minimum atomic E-state index is -0.959. The van der Waals surface area contributed by atoms with Crippen molar-refractivity contribution in [1.82, 2.24) is 15.3 Å². The van der Waals surface area contributed by atoms with Crippen LogP contribution in [0.3, 0.4) is 0 Å². The lowest BCUT2D eigenvalue weighted by Crippen LogP contribution is -2.49. The van der Waals surface area contributed by atoms with Gasteiger partial charge in [0.2, 0.25) is 5.91 Å². The van der Waals surface area contributed by atoms with Gasteiger partial charge >= 0.3 is 5.91 Å². The number of hydrogen-bond acceptors (Lipinski definition) is 6. The molecule has 0 radical (unpaired) electrons. The Balaban J connectivity index is 1.72. The minimum Gasteiger partial charge on any atom is -0.497 e. The molecule has 1 atom stereocenters. The van der Waals surface area contributed by atoms with Crippen molar-refractivity contribution in [2.75, 3.05) is 19.0 Å². The Morgan fingerprint density at radius 3 is 2.55 bits per heavy atom. The summed E-state index contributed by atoms with van der Waals surface area (Å²) in [6, 6.07) is 8.89. The van der Waals surface area contributed by atoms with E-state index in [0.717, 1.165) is 0 Å². The van der Waals surface area contributed by atoms with Gasteiger partial charge in [-0.1, -0.05) is 0 Å². The van der Waals surface area contributed by atoms with E-state index < -0.39 is 17.9 Å². The van der Waals surface area contributed by atoms with Gasteiger partial charge in [0.15, 0.2) is 10.9 Å². The van der Waals surface area contributed by atoms with Gasteiger partial charge in [0.25, 0.3) is 5.91 Å². The standard InChI is InChI=1S/C19H20N4O5S/c1-3-22-18(26)14(11-16(24)20-12-6-8-13(27-2)9-7-12)23(19(22)29)21-17(25)15-5-4-10-28-15/h4-10,14H,3,11H2,1-2H3,(H,20,24)(H,21,25). The molecule has 1 saturated heterocycles. The third kappa shape index (κ3) is 4.37. The van der Waals surface area contributed by atoms with Crippen LogP contribution in [0.5, 0.6) is 5.75 Å². The van der Waals surface area contributed by atoms with Crippen molar-refractivity contribution in [2.45, 2.75) is 19.4 Å². The largest absolute Gasteiger partial charge is 0.497 e. The van der Waals surface area contributed by atoms with Crippen LogP contribution >= 0.6 is 12.2 Å². The molecule has 9 nitrogen and oxygen atoms in total. The molecule has 0 bridgehead atoms. The molecular weight excluding hydrogens is 396 g/mol. The van der Waals surface area contributed by atoms with Crippen molar-refractivity contribution in [1.29, 1.82) is 0 Å². The van der Waals surface area contributed by atoms with Gasteiger partial charge in [-0.15, -0.1) is 0 Å². The molecule has 2 N–H and O–H groups in total. The van der Waals surface area contributed by atoms with Gasteiger partial charge in [-0.25, -0.2) is 5.01 Å². The number of thiocarbonyl (C=S) groups is 1. The molecule has 1 aromatic heterocycles. The number of hydrogen-bond donors (Lipinski definition) is 2. The number of rotatable bonds is 7. The van der Waals surface area contributed by atoms with Gasteiger partial charge in [-0.05, 0) is 55.5 Å². The van der Waals surface area contributed by atoms with Crippen LogP contribution in [0.4, 0.5) is 5.69 Å². The number of nitrogens with zero attached hydrogens (tertiary/aromatic N) is 2. The Hall–Kier alpha value is -3.40. The Morgan fingerprint density at radius 1 is 1.24 bits per heavy atom. The van der Waals surface area contributed by atoms with Gasteiger partial charge in [0.05, 0.1) is 19.8 Å². The number of nitrogens with one attached hydrogen (secondary N) is 2. The van der Waals surface area contributed by atoms with Crippen LogP contribution in [0.2, 0.25) is 0 Å². The van der Waals surface area contributed by atoms with E-state index in [1.165, 1.54) is 22.2 Å². The maximum Gasteiger partial charge on any atom is 0.305 e. The molecule has 0 aliphatic carbocycles. The second kappa shape index (κ2) is 8.74. The van der Waals surface area contributed by atoms with Crippen molar-refractivity contribution in [2.24, 2.45) is 0 Å². The lowest BCUT2D eigenvalue weighted by atomic mass is 10.2. The summed E-state index contributed by atoms with van der Waals surface area (Å²) in [5, 5.41) is 4.08. The number of carbonyl (C=O) groups is 3. The lowest BCUT2D eigenvalue weighted by molar-refractivity contribution is -0.130. The summed E-state index contributed by atoms with van der Waals surface area (Å²) in [5.74, 6) is -0.598. The molecule has 1 fully saturated rings. The van der Waals surface area contributed by atoms with Crippen LogP contribution in [-0.2, 0) is 9.59 Å². The zero-order chi connectivity index (χ0) is 21.0. The van der Waals surface area contributed by atoms with E-state index in [1.54, 1.807) is 44.4 Å². The molecule has 0 spiro atoms. The second-order valence-electron chi connectivity index (χ2n) is 6.15. The van der Waals surface area contributed by atoms with Crippen molar-refractivity contribution >= 4 is 40.7 Å². The highest BCUT2D eigenvalue weighted by Gasteiger charge is 2.44. The van der Waals surface area contributed by atoms with Gasteiger partial charge in [-0.2, -0.15) is 0 Å². The SMILES string of the molecule is CCN1C(=O)C(CC(=O)Nc2ccc(OC)cc2)N(NC(=O)c2ccco2)C1=S. The lowest BCUT2D eigenvalue weighted by Gasteiger charge is -2.23. The van der Waals surface area contributed by atoms with Gasteiger partial charge in [0.1, 0.15) is 11.8 Å². The molecule has 152 valence electrons. The summed E-state index contributed by atoms with van der Waals surface area (Å²) in [6.07, 6.45) is 1.17. The summed E-state index contributed by atoms with van der Waals surface area (Å²) in [6.45, 7) is 2.08. The molecule has 29 heavy (non-hydrogen) atoms. The molecule has 2 aromatic rings. The number of benzene rings is 1. The summed E-state index contributed by atoms with van der Waals surface area (Å²) < 4.78 is 10.1. The maximum absolute atomic E-state index is 12.7. The highest BCUT2D eigenvalue weighted by molar-refractivity contribution is 7.80. The summed E-state index contributed by atoms with van der Waals surface area (Å²) >= 11 is 5.31. The Bertz CT molecular complexity index is 913. The molecule has 0 saturated carbocycles. The van der Waals surface area contributed by atoms with Crippen LogP contribution in [0, 0.1) is 0 Å². The van der Waals surface area contributed by atoms with Crippen molar-refractivity contribution in [3.05, 3.63) is 48.4 Å². The number of ether oxygens (including phenoxy) is 1. The van der Waals surface area contributed by atoms with Gasteiger partial charge in [0, 0.05) is 12.2 Å². The first-order chi connectivity index (χ1) is 13.9. The number of likely N-dealkylation sites (N-methyl/N-ethyl adjacent to an activating group) is 1. The fraction of sp³-hybridized carbons (Fsp3) is 0.263. The number of amides is 3. The number of carbonyl (C=O) groups excluding carboxylic acids is 3. The van der Waals surface area contributed by atoms with E-state index in [4.69, 9.17) is 21.4 Å². The minimum absolute atomic E-state index is 0.0663. The quantitative estimate of drug-likeness (QED) is 0.663. The van der Waals surface area contributed by atoms with E-state index in [2.05, 4.69) is 10.7 Å². The smallest absolute Gasteiger partial charge is 0.305 e. The van der Waals surface area contributed by atoms with Crippen molar-refractivity contribution in [3.8, 4) is 5.75 Å². The first kappa shape index (κ1) is 20.3. The first-order valence-corrected chi connectivity index (χ1v) is 9.28. The number of methoxy groups -OCH3 is 1. The summed E-state index contributed by atoms with van der Waals surface area (Å²) in [7, 11) is 1.55. The van der Waals surface area contributed by atoms with E-state index in [9.17, 15) is 14.4 Å². The van der Waals surface area contributed by atoms with Crippen LogP contribution in [-0.4, -0.2) is 52.4 Å².